The van der Waals surface area contributed by atoms with E-state index in [9.17, 15) is 9.59 Å². The number of unbranched alkanes of at least 4 members (excludes halogenated alkanes) is 6. The molecule has 0 aromatic carbocycles. The summed E-state index contributed by atoms with van der Waals surface area (Å²) in [5.41, 5.74) is 0.176. The number of aliphatic carboxylic acids is 2. The number of carbonyl (C=O) groups is 2. The van der Waals surface area contributed by atoms with Crippen LogP contribution < -0.4 is 0 Å². The fraction of sp³-hybridized carbons (Fsp3) is 0.714. The van der Waals surface area contributed by atoms with Gasteiger partial charge in [-0.1, -0.05) is 52.0 Å². The van der Waals surface area contributed by atoms with Crippen LogP contribution in [0.5, 0.6) is 0 Å². The minimum absolute atomic E-state index is 0. The maximum atomic E-state index is 10.1. The first-order valence-electron chi connectivity index (χ1n) is 6.52. The van der Waals surface area contributed by atoms with Crippen LogP contribution in [0, 0.1) is 0 Å². The largest absolute Gasteiger partial charge is 0.481 e. The molecule has 0 atom stereocenters. The van der Waals surface area contributed by atoms with Crippen molar-refractivity contribution in [3.8, 4) is 0 Å². The lowest BCUT2D eigenvalue weighted by Crippen LogP contribution is -1.93. The van der Waals surface area contributed by atoms with E-state index in [1.54, 1.807) is 0 Å². The number of rotatable bonds is 9. The van der Waals surface area contributed by atoms with Crippen molar-refractivity contribution in [2.75, 3.05) is 0 Å². The number of hydrogen-bond donors (Lipinski definition) is 2. The van der Waals surface area contributed by atoms with Gasteiger partial charge in [-0.05, 0) is 13.3 Å². The van der Waals surface area contributed by atoms with Gasteiger partial charge in [0, 0.05) is 12.0 Å². The predicted molar refractivity (Wildman–Crippen MR) is 81.2 cm³/mol. The Kier molecular flexibility index (Phi) is 21.6. The molecule has 4 nitrogen and oxygen atoms in total. The van der Waals surface area contributed by atoms with Crippen LogP contribution in [-0.2, 0) is 9.59 Å². The zero-order chi connectivity index (χ0) is 14.4. The van der Waals surface area contributed by atoms with Gasteiger partial charge in [0.05, 0.1) is 0 Å². The maximum Gasteiger partial charge on any atom is 0.330 e. The van der Waals surface area contributed by atoms with Crippen molar-refractivity contribution in [1.82, 2.24) is 0 Å². The number of carboxylic acid groups (broad SMARTS) is 2. The Balaban J connectivity index is -0.000000313. The summed E-state index contributed by atoms with van der Waals surface area (Å²) in [4.78, 5) is 19.7. The summed E-state index contributed by atoms with van der Waals surface area (Å²) < 4.78 is 0. The van der Waals surface area contributed by atoms with Crippen LogP contribution in [-0.4, -0.2) is 45.2 Å². The van der Waals surface area contributed by atoms with Crippen molar-refractivity contribution < 1.29 is 19.8 Å². The first kappa shape index (κ1) is 23.5. The highest BCUT2D eigenvalue weighted by molar-refractivity contribution is 5.84. The highest BCUT2D eigenvalue weighted by Crippen LogP contribution is 2.07. The highest BCUT2D eigenvalue weighted by Gasteiger charge is 1.95. The molecule has 0 saturated heterocycles. The molecule has 0 unspecified atom stereocenters. The molecule has 0 aliphatic heterocycles. The summed E-state index contributed by atoms with van der Waals surface area (Å²) in [6, 6.07) is 0. The van der Waals surface area contributed by atoms with Gasteiger partial charge in [-0.2, -0.15) is 0 Å². The third-order valence-corrected chi connectivity index (χ3v) is 2.36. The van der Waals surface area contributed by atoms with Crippen molar-refractivity contribution in [2.45, 2.75) is 65.2 Å². The first-order valence-corrected chi connectivity index (χ1v) is 6.52. The normalized spacial score (nSPS) is 8.74. The molecule has 110 valence electrons. The molecule has 0 aliphatic carbocycles. The average Bonchev–Trinajstić information content (AvgIpc) is 2.28. The Labute approximate surface area is 132 Å². The third-order valence-electron chi connectivity index (χ3n) is 2.36. The predicted octanol–water partition coefficient (Wildman–Crippen LogP) is 2.94. The summed E-state index contributed by atoms with van der Waals surface area (Å²) >= 11 is 0. The van der Waals surface area contributed by atoms with Gasteiger partial charge in [-0.15, -0.1) is 0 Å². The van der Waals surface area contributed by atoms with Gasteiger partial charge in [-0.3, -0.25) is 4.79 Å². The maximum absolute atomic E-state index is 10.1. The molecule has 0 spiro atoms. The second-order valence-corrected chi connectivity index (χ2v) is 4.35. The van der Waals surface area contributed by atoms with E-state index in [1.165, 1.54) is 39.0 Å². The van der Waals surface area contributed by atoms with Crippen molar-refractivity contribution in [3.05, 3.63) is 12.2 Å². The van der Waals surface area contributed by atoms with Gasteiger partial charge in [0.25, 0.3) is 0 Å². The quantitative estimate of drug-likeness (QED) is 0.388. The number of hydrogen-bond acceptors (Lipinski definition) is 2. The molecular weight excluding hydrogens is 256 g/mol. The van der Waals surface area contributed by atoms with Crippen molar-refractivity contribution >= 4 is 35.0 Å². The highest BCUT2D eigenvalue weighted by atomic mass is 24.3. The second kappa shape index (κ2) is 17.4. The van der Waals surface area contributed by atoms with Gasteiger partial charge < -0.3 is 10.2 Å². The molecule has 0 aliphatic rings. The van der Waals surface area contributed by atoms with Crippen LogP contribution >= 0.6 is 0 Å². The van der Waals surface area contributed by atoms with Gasteiger partial charge in [0.2, 0.25) is 0 Å². The van der Waals surface area contributed by atoms with E-state index in [-0.39, 0.29) is 28.6 Å². The minimum Gasteiger partial charge on any atom is -0.481 e. The summed E-state index contributed by atoms with van der Waals surface area (Å²) in [6.45, 7) is 6.80. The van der Waals surface area contributed by atoms with Gasteiger partial charge in [0.1, 0.15) is 0 Å². The number of carboxylic acids is 2. The molecule has 0 aromatic heterocycles. The summed E-state index contributed by atoms with van der Waals surface area (Å²) in [7, 11) is 0. The SMILES string of the molecule is C=C(C)C(=O)O.CCCCCCCCCC(=O)O.[MgH2]. The molecule has 0 radical (unpaired) electrons. The average molecular weight is 285 g/mol. The van der Waals surface area contributed by atoms with E-state index in [4.69, 9.17) is 10.2 Å². The van der Waals surface area contributed by atoms with Gasteiger partial charge >= 0.3 is 35.0 Å². The van der Waals surface area contributed by atoms with Gasteiger partial charge in [-0.25, -0.2) is 4.79 Å². The molecule has 0 saturated carbocycles. The molecule has 19 heavy (non-hydrogen) atoms. The Morgan fingerprint density at radius 3 is 1.63 bits per heavy atom. The van der Waals surface area contributed by atoms with Crippen LogP contribution in [0.4, 0.5) is 0 Å². The Morgan fingerprint density at radius 2 is 1.32 bits per heavy atom. The zero-order valence-corrected chi connectivity index (χ0v) is 11.6. The van der Waals surface area contributed by atoms with E-state index < -0.39 is 11.9 Å². The molecule has 0 rings (SSSR count). The second-order valence-electron chi connectivity index (χ2n) is 4.35. The Morgan fingerprint density at radius 1 is 0.947 bits per heavy atom. The lowest BCUT2D eigenvalue weighted by Gasteiger charge is -1.98. The smallest absolute Gasteiger partial charge is 0.330 e. The molecular formula is C14H28MgO4. The summed E-state index contributed by atoms with van der Waals surface area (Å²) in [6.07, 6.45) is 8.64. The fourth-order valence-corrected chi connectivity index (χ4v) is 1.23. The van der Waals surface area contributed by atoms with Crippen molar-refractivity contribution in [2.24, 2.45) is 0 Å². The van der Waals surface area contributed by atoms with E-state index in [1.807, 2.05) is 0 Å². The van der Waals surface area contributed by atoms with E-state index in [0.717, 1.165) is 12.8 Å². The van der Waals surface area contributed by atoms with Crippen LogP contribution in [0.2, 0.25) is 0 Å². The van der Waals surface area contributed by atoms with E-state index >= 15 is 0 Å². The van der Waals surface area contributed by atoms with E-state index in [0.29, 0.717) is 6.42 Å². The first-order chi connectivity index (χ1) is 8.41. The van der Waals surface area contributed by atoms with Crippen molar-refractivity contribution in [3.63, 3.8) is 0 Å². The molecule has 2 N–H and O–H groups in total. The fourth-order valence-electron chi connectivity index (χ4n) is 1.23. The Bertz CT molecular complexity index is 240. The standard InChI is InChI=1S/C10H20O2.C4H6O2.Mg.2H/c1-2-3-4-5-6-7-8-9-10(11)12;1-3(2)4(5)6;;;/h2-9H2,1H3,(H,11,12);1H2,2H3,(H,5,6);;;. The van der Waals surface area contributed by atoms with Crippen LogP contribution in [0.15, 0.2) is 12.2 Å². The molecule has 0 bridgehead atoms. The lowest BCUT2D eigenvalue weighted by atomic mass is 10.1. The molecule has 0 heterocycles. The Hall–Kier alpha value is -0.554. The van der Waals surface area contributed by atoms with Crippen molar-refractivity contribution in [1.29, 1.82) is 0 Å². The monoisotopic (exact) mass is 284 g/mol. The van der Waals surface area contributed by atoms with Crippen LogP contribution in [0.1, 0.15) is 65.2 Å². The molecule has 0 aromatic rings. The van der Waals surface area contributed by atoms with E-state index in [2.05, 4.69) is 13.5 Å². The molecule has 0 amide bonds. The summed E-state index contributed by atoms with van der Waals surface area (Å²) in [5.74, 6) is -1.60. The summed E-state index contributed by atoms with van der Waals surface area (Å²) in [5, 5.41) is 16.2. The minimum atomic E-state index is -0.935. The molecule has 5 heteroatoms. The molecule has 0 fully saturated rings. The van der Waals surface area contributed by atoms with Gasteiger partial charge in [0.15, 0.2) is 0 Å². The van der Waals surface area contributed by atoms with Crippen LogP contribution in [0.25, 0.3) is 0 Å². The lowest BCUT2D eigenvalue weighted by molar-refractivity contribution is -0.137. The van der Waals surface area contributed by atoms with Crippen LogP contribution in [0.3, 0.4) is 0 Å². The topological polar surface area (TPSA) is 74.6 Å². The zero-order valence-electron chi connectivity index (χ0n) is 11.6. The third kappa shape index (κ3) is 26.9.